The van der Waals surface area contributed by atoms with Gasteiger partial charge >= 0.3 is 0 Å². The van der Waals surface area contributed by atoms with E-state index >= 15 is 0 Å². The van der Waals surface area contributed by atoms with Gasteiger partial charge in [-0.15, -0.1) is 0 Å². The van der Waals surface area contributed by atoms with Gasteiger partial charge in [0.25, 0.3) is 0 Å². The van der Waals surface area contributed by atoms with Crippen LogP contribution in [0, 0.1) is 0 Å². The Morgan fingerprint density at radius 3 is 1.09 bits per heavy atom. The minimum Gasteiger partial charge on any atom is -0.508 e. The van der Waals surface area contributed by atoms with E-state index in [0.29, 0.717) is 5.75 Å². The number of hydrogen-bond acceptors (Lipinski definition) is 4. The maximum atomic E-state index is 9.91. The van der Waals surface area contributed by atoms with Crippen molar-refractivity contribution in [1.82, 2.24) is 0 Å². The van der Waals surface area contributed by atoms with E-state index < -0.39 is 0 Å². The Balaban J connectivity index is 0.000000191. The lowest BCUT2D eigenvalue weighted by atomic mass is 9.78. The zero-order valence-corrected chi connectivity index (χ0v) is 20.0. The molecule has 4 N–H and O–H groups in total. The molecule has 0 aromatic heterocycles. The van der Waals surface area contributed by atoms with Crippen LogP contribution in [0.4, 0.5) is 0 Å². The molecule has 34 heavy (non-hydrogen) atoms. The highest BCUT2D eigenvalue weighted by Gasteiger charge is 2.25. The molecule has 4 rings (SSSR count). The Bertz CT molecular complexity index is 1160. The zero-order valence-electron chi connectivity index (χ0n) is 20.0. The first-order valence-electron chi connectivity index (χ1n) is 11.2. The van der Waals surface area contributed by atoms with Gasteiger partial charge in [-0.25, -0.2) is 0 Å². The molecule has 0 aliphatic carbocycles. The van der Waals surface area contributed by atoms with Gasteiger partial charge in [0.2, 0.25) is 0 Å². The monoisotopic (exact) mass is 456 g/mol. The van der Waals surface area contributed by atoms with Crippen LogP contribution in [0.3, 0.4) is 0 Å². The highest BCUT2D eigenvalue weighted by molar-refractivity contribution is 5.46. The number of phenolic OH excluding ortho intramolecular Hbond substituents is 4. The Morgan fingerprint density at radius 1 is 0.412 bits per heavy atom. The molecule has 4 nitrogen and oxygen atoms in total. The SMILES string of the molecule is CC(C)(c1ccc(O)cc1)c1ccc(O)cc1.CC(C)(c1ccc(O)cc1)c1ccccc1O. The fourth-order valence-electron chi connectivity index (χ4n) is 3.96. The van der Waals surface area contributed by atoms with Gasteiger partial charge in [0.1, 0.15) is 23.0 Å². The molecular weight excluding hydrogens is 424 g/mol. The lowest BCUT2D eigenvalue weighted by molar-refractivity contribution is 0.452. The van der Waals surface area contributed by atoms with E-state index in [1.165, 1.54) is 0 Å². The van der Waals surface area contributed by atoms with Crippen molar-refractivity contribution in [3.05, 3.63) is 119 Å². The van der Waals surface area contributed by atoms with Crippen LogP contribution in [0.15, 0.2) is 97.1 Å². The van der Waals surface area contributed by atoms with Crippen molar-refractivity contribution in [2.24, 2.45) is 0 Å². The number of rotatable bonds is 4. The number of para-hydroxylation sites is 1. The van der Waals surface area contributed by atoms with Crippen LogP contribution < -0.4 is 0 Å². The van der Waals surface area contributed by atoms with Crippen LogP contribution in [0.25, 0.3) is 0 Å². The van der Waals surface area contributed by atoms with Gasteiger partial charge in [0.05, 0.1) is 0 Å². The average molecular weight is 457 g/mol. The number of aromatic hydroxyl groups is 4. The van der Waals surface area contributed by atoms with E-state index in [4.69, 9.17) is 0 Å². The molecule has 0 bridgehead atoms. The van der Waals surface area contributed by atoms with E-state index in [1.54, 1.807) is 42.5 Å². The van der Waals surface area contributed by atoms with Gasteiger partial charge in [-0.2, -0.15) is 0 Å². The van der Waals surface area contributed by atoms with Crippen molar-refractivity contribution in [2.75, 3.05) is 0 Å². The highest BCUT2D eigenvalue weighted by Crippen LogP contribution is 2.37. The number of phenols is 4. The van der Waals surface area contributed by atoms with Crippen LogP contribution in [0.2, 0.25) is 0 Å². The van der Waals surface area contributed by atoms with Crippen molar-refractivity contribution < 1.29 is 20.4 Å². The summed E-state index contributed by atoms with van der Waals surface area (Å²) in [5.74, 6) is 1.10. The predicted octanol–water partition coefficient (Wildman–Crippen LogP) is 6.85. The number of hydrogen-bond donors (Lipinski definition) is 4. The minimum atomic E-state index is -0.293. The summed E-state index contributed by atoms with van der Waals surface area (Å²) in [7, 11) is 0. The molecule has 0 unspecified atom stereocenters. The van der Waals surface area contributed by atoms with Crippen molar-refractivity contribution >= 4 is 0 Å². The Morgan fingerprint density at radius 2 is 0.735 bits per heavy atom. The lowest BCUT2D eigenvalue weighted by Gasteiger charge is -2.26. The maximum absolute atomic E-state index is 9.91. The molecule has 0 aliphatic rings. The Hall–Kier alpha value is -3.92. The Labute approximate surface area is 201 Å². The van der Waals surface area contributed by atoms with Crippen LogP contribution >= 0.6 is 0 Å². The third-order valence-corrected chi connectivity index (χ3v) is 6.34. The van der Waals surface area contributed by atoms with Crippen LogP contribution in [0.5, 0.6) is 23.0 Å². The maximum Gasteiger partial charge on any atom is 0.119 e. The van der Waals surface area contributed by atoms with E-state index in [9.17, 15) is 20.4 Å². The average Bonchev–Trinajstić information content (AvgIpc) is 2.80. The van der Waals surface area contributed by atoms with Crippen molar-refractivity contribution in [3.63, 3.8) is 0 Å². The largest absolute Gasteiger partial charge is 0.508 e. The fraction of sp³-hybridized carbons (Fsp3) is 0.200. The molecular formula is C30H32O4. The summed E-state index contributed by atoms with van der Waals surface area (Å²) >= 11 is 0. The fourth-order valence-corrected chi connectivity index (χ4v) is 3.96. The van der Waals surface area contributed by atoms with Gasteiger partial charge in [-0.3, -0.25) is 0 Å². The van der Waals surface area contributed by atoms with E-state index in [2.05, 4.69) is 27.7 Å². The van der Waals surface area contributed by atoms with Crippen LogP contribution in [-0.2, 0) is 10.8 Å². The Kier molecular flexibility index (Phi) is 7.21. The first kappa shape index (κ1) is 24.7. The second-order valence-electron chi connectivity index (χ2n) is 9.41. The minimum absolute atomic E-state index is 0.151. The van der Waals surface area contributed by atoms with Crippen molar-refractivity contribution in [1.29, 1.82) is 0 Å². The zero-order chi connectivity index (χ0) is 24.9. The van der Waals surface area contributed by atoms with Crippen LogP contribution in [0.1, 0.15) is 49.9 Å². The first-order chi connectivity index (χ1) is 16.0. The van der Waals surface area contributed by atoms with E-state index in [1.807, 2.05) is 54.6 Å². The van der Waals surface area contributed by atoms with Gasteiger partial charge in [0, 0.05) is 16.4 Å². The molecule has 0 spiro atoms. The van der Waals surface area contributed by atoms with Gasteiger partial charge in [-0.05, 0) is 59.2 Å². The normalized spacial score (nSPS) is 11.4. The third-order valence-electron chi connectivity index (χ3n) is 6.34. The van der Waals surface area contributed by atoms with Crippen LogP contribution in [-0.4, -0.2) is 20.4 Å². The lowest BCUT2D eigenvalue weighted by Crippen LogP contribution is -2.18. The third kappa shape index (κ3) is 5.52. The molecule has 0 aliphatic heterocycles. The summed E-state index contributed by atoms with van der Waals surface area (Å²) in [5.41, 5.74) is 3.74. The molecule has 0 fully saturated rings. The summed E-state index contributed by atoms with van der Waals surface area (Å²) in [6, 6.07) is 28.9. The summed E-state index contributed by atoms with van der Waals surface area (Å²) in [6.07, 6.45) is 0. The molecule has 0 atom stereocenters. The van der Waals surface area contributed by atoms with Gasteiger partial charge in [0.15, 0.2) is 0 Å². The predicted molar refractivity (Wildman–Crippen MR) is 137 cm³/mol. The quantitative estimate of drug-likeness (QED) is 0.271. The molecule has 4 aromatic rings. The first-order valence-corrected chi connectivity index (χ1v) is 11.2. The second kappa shape index (κ2) is 9.92. The van der Waals surface area contributed by atoms with E-state index in [-0.39, 0.29) is 28.1 Å². The summed E-state index contributed by atoms with van der Waals surface area (Å²) in [6.45, 7) is 8.33. The van der Waals surface area contributed by atoms with Crippen molar-refractivity contribution in [3.8, 4) is 23.0 Å². The van der Waals surface area contributed by atoms with Gasteiger partial charge < -0.3 is 20.4 Å². The smallest absolute Gasteiger partial charge is 0.119 e. The van der Waals surface area contributed by atoms with Crippen molar-refractivity contribution in [2.45, 2.75) is 38.5 Å². The van der Waals surface area contributed by atoms with E-state index in [0.717, 1.165) is 22.3 Å². The summed E-state index contributed by atoms with van der Waals surface area (Å²) in [5, 5.41) is 37.8. The summed E-state index contributed by atoms with van der Waals surface area (Å²) < 4.78 is 0. The molecule has 0 amide bonds. The molecule has 4 aromatic carbocycles. The topological polar surface area (TPSA) is 80.9 Å². The highest BCUT2D eigenvalue weighted by atomic mass is 16.3. The molecule has 0 heterocycles. The molecule has 4 heteroatoms. The second-order valence-corrected chi connectivity index (χ2v) is 9.41. The molecule has 0 saturated carbocycles. The van der Waals surface area contributed by atoms with Gasteiger partial charge in [-0.1, -0.05) is 82.3 Å². The standard InChI is InChI=1S/2C15H16O2/c1-15(2,11-3-7-13(16)8-4-11)12-5-9-14(17)10-6-12;1-15(2,11-7-9-12(16)10-8-11)13-5-3-4-6-14(13)17/h2*3-10,16-17H,1-2H3. The molecule has 0 radical (unpaired) electrons. The molecule has 0 saturated heterocycles. The summed E-state index contributed by atoms with van der Waals surface area (Å²) in [4.78, 5) is 0. The molecule has 176 valence electrons. The number of benzene rings is 4.